The molecule has 4 N–H and O–H groups in total. The molecule has 0 bridgehead atoms. The summed E-state index contributed by atoms with van der Waals surface area (Å²) in [6, 6.07) is 11.8. The molecule has 204 valence electrons. The van der Waals surface area contributed by atoms with Crippen LogP contribution in [0.1, 0.15) is 34.7 Å². The summed E-state index contributed by atoms with van der Waals surface area (Å²) in [6.45, 7) is 3.86. The van der Waals surface area contributed by atoms with Gasteiger partial charge in [0.05, 0.1) is 11.9 Å². The lowest BCUT2D eigenvalue weighted by molar-refractivity contribution is 0.0827. The monoisotopic (exact) mass is 532 g/mol. The van der Waals surface area contributed by atoms with Gasteiger partial charge in [0.15, 0.2) is 17.2 Å². The maximum absolute atomic E-state index is 13.3. The highest BCUT2D eigenvalue weighted by molar-refractivity contribution is 5.94. The average Bonchev–Trinajstić information content (AvgIpc) is 3.36. The molecule has 0 aliphatic carbocycles. The topological polar surface area (TPSA) is 146 Å². The number of benzene rings is 1. The first-order valence-electron chi connectivity index (χ1n) is 12.3. The number of hydrogen-bond donors (Lipinski definition) is 4. The fourth-order valence-corrected chi connectivity index (χ4v) is 3.79. The van der Waals surface area contributed by atoms with E-state index in [0.717, 1.165) is 0 Å². The van der Waals surface area contributed by atoms with E-state index in [4.69, 9.17) is 0 Å². The maximum atomic E-state index is 13.3. The molecule has 0 unspecified atom stereocenters. The molecule has 39 heavy (non-hydrogen) atoms. The minimum atomic E-state index is -0.484. The van der Waals surface area contributed by atoms with E-state index in [1.165, 1.54) is 20.2 Å². The van der Waals surface area contributed by atoms with Crippen molar-refractivity contribution >= 4 is 34.7 Å². The first-order chi connectivity index (χ1) is 18.5. The van der Waals surface area contributed by atoms with Gasteiger partial charge in [0.2, 0.25) is 0 Å². The molecule has 0 fully saturated rings. The molecule has 4 rings (SSSR count). The largest absolute Gasteiger partial charge is 0.396 e. The van der Waals surface area contributed by atoms with Crippen LogP contribution in [-0.4, -0.2) is 75.3 Å². The van der Waals surface area contributed by atoms with E-state index in [2.05, 4.69) is 26.0 Å². The molecule has 0 aliphatic rings. The van der Waals surface area contributed by atoms with Crippen LogP contribution in [0.3, 0.4) is 0 Å². The Morgan fingerprint density at radius 3 is 2.46 bits per heavy atom. The lowest BCUT2D eigenvalue weighted by Crippen LogP contribution is -2.36. The quantitative estimate of drug-likeness (QED) is 0.256. The van der Waals surface area contributed by atoms with Gasteiger partial charge in [-0.15, -0.1) is 5.10 Å². The number of aromatic nitrogens is 4. The van der Waals surface area contributed by atoms with Gasteiger partial charge in [-0.25, -0.2) is 9.50 Å². The second-order valence-corrected chi connectivity index (χ2v) is 10.0. The molecular weight excluding hydrogens is 500 g/mol. The van der Waals surface area contributed by atoms with Crippen LogP contribution in [0.2, 0.25) is 0 Å². The zero-order valence-corrected chi connectivity index (χ0v) is 22.5. The zero-order valence-electron chi connectivity index (χ0n) is 22.5. The predicted molar refractivity (Wildman–Crippen MR) is 149 cm³/mol. The lowest BCUT2D eigenvalue weighted by atomic mass is 9.95. The molecule has 0 atom stereocenters. The van der Waals surface area contributed by atoms with E-state index >= 15 is 0 Å². The summed E-state index contributed by atoms with van der Waals surface area (Å²) in [5, 5.41) is 22.9. The van der Waals surface area contributed by atoms with Gasteiger partial charge in [0, 0.05) is 63.2 Å². The average molecular weight is 533 g/mol. The van der Waals surface area contributed by atoms with Crippen LogP contribution < -0.4 is 21.5 Å². The maximum Gasteiger partial charge on any atom is 0.278 e. The number of imidazole rings is 1. The molecule has 3 heterocycles. The molecule has 0 saturated heterocycles. The highest BCUT2D eigenvalue weighted by Crippen LogP contribution is 2.22. The molecule has 0 saturated carbocycles. The summed E-state index contributed by atoms with van der Waals surface area (Å²) >= 11 is 0. The minimum absolute atomic E-state index is 0.0798. The molecule has 2 amide bonds. The first-order valence-corrected chi connectivity index (χ1v) is 12.3. The second-order valence-electron chi connectivity index (χ2n) is 10.0. The van der Waals surface area contributed by atoms with Crippen molar-refractivity contribution < 1.29 is 14.7 Å². The number of amides is 2. The normalized spacial score (nSPS) is 11.3. The standard InChI is InChI=1S/C27H32N8O4/c1-27(2,16-36)15-30-24(37)21-14-29-23-20(28-3)13-22(32-35(21)23)31-19-7-6-12-34(26(19)39)18-10-8-17(9-11-18)25(38)33(4)5/h6-14,28,36H,15-16H2,1-5H3,(H,30,37)(H,31,32). The van der Waals surface area contributed by atoms with E-state index in [0.29, 0.717) is 28.4 Å². The van der Waals surface area contributed by atoms with Gasteiger partial charge in [-0.3, -0.25) is 19.0 Å². The highest BCUT2D eigenvalue weighted by Gasteiger charge is 2.21. The van der Waals surface area contributed by atoms with Gasteiger partial charge in [0.25, 0.3) is 17.4 Å². The summed E-state index contributed by atoms with van der Waals surface area (Å²) < 4.78 is 2.86. The number of pyridine rings is 1. The molecule has 12 heteroatoms. The van der Waals surface area contributed by atoms with Crippen molar-refractivity contribution in [3.63, 3.8) is 0 Å². The Kier molecular flexibility index (Phi) is 7.68. The molecular formula is C27H32N8O4. The van der Waals surface area contributed by atoms with Crippen molar-refractivity contribution in [1.29, 1.82) is 0 Å². The Bertz CT molecular complexity index is 1570. The van der Waals surface area contributed by atoms with Crippen LogP contribution in [-0.2, 0) is 0 Å². The van der Waals surface area contributed by atoms with E-state index in [-0.39, 0.29) is 36.0 Å². The number of nitrogens with zero attached hydrogens (tertiary/aromatic N) is 5. The second kappa shape index (κ2) is 11.0. The molecule has 0 aliphatic heterocycles. The number of fused-ring (bicyclic) bond motifs is 1. The number of aliphatic hydroxyl groups is 1. The minimum Gasteiger partial charge on any atom is -0.396 e. The number of hydrogen-bond acceptors (Lipinski definition) is 8. The van der Waals surface area contributed by atoms with Crippen molar-refractivity contribution in [1.82, 2.24) is 29.4 Å². The van der Waals surface area contributed by atoms with Gasteiger partial charge in [-0.05, 0) is 36.4 Å². The number of carbonyl (C=O) groups excluding carboxylic acids is 2. The van der Waals surface area contributed by atoms with Gasteiger partial charge in [-0.1, -0.05) is 13.8 Å². The van der Waals surface area contributed by atoms with E-state index < -0.39 is 11.3 Å². The summed E-state index contributed by atoms with van der Waals surface area (Å²) in [7, 11) is 5.08. The van der Waals surface area contributed by atoms with Gasteiger partial charge < -0.3 is 26.0 Å². The van der Waals surface area contributed by atoms with Gasteiger partial charge >= 0.3 is 0 Å². The SMILES string of the molecule is CNc1cc(Nc2cccn(-c3ccc(C(=O)N(C)C)cc3)c2=O)nn2c(C(=O)NCC(C)(C)CO)cnc12. The Morgan fingerprint density at radius 2 is 1.82 bits per heavy atom. The number of aliphatic hydroxyl groups excluding tert-OH is 1. The van der Waals surface area contributed by atoms with Crippen molar-refractivity contribution in [2.45, 2.75) is 13.8 Å². The van der Waals surface area contributed by atoms with Crippen molar-refractivity contribution in [3.05, 3.63) is 76.5 Å². The first kappa shape index (κ1) is 27.3. The third kappa shape index (κ3) is 5.75. The predicted octanol–water partition coefficient (Wildman–Crippen LogP) is 2.12. The fourth-order valence-electron chi connectivity index (χ4n) is 3.79. The van der Waals surface area contributed by atoms with Crippen molar-refractivity contribution in [2.75, 3.05) is 44.9 Å². The van der Waals surface area contributed by atoms with Gasteiger partial charge in [0.1, 0.15) is 5.69 Å². The fraction of sp³-hybridized carbons (Fsp3) is 0.296. The van der Waals surface area contributed by atoms with Crippen LogP contribution >= 0.6 is 0 Å². The molecule has 0 radical (unpaired) electrons. The molecule has 0 spiro atoms. The van der Waals surface area contributed by atoms with Crippen LogP contribution in [0.25, 0.3) is 11.3 Å². The number of carbonyl (C=O) groups is 2. The molecule has 1 aromatic carbocycles. The number of rotatable bonds is 9. The third-order valence-electron chi connectivity index (χ3n) is 6.13. The summed E-state index contributed by atoms with van der Waals surface area (Å²) in [5.74, 6) is -0.207. The molecule has 3 aromatic heterocycles. The number of anilines is 3. The molecule has 4 aromatic rings. The van der Waals surface area contributed by atoms with Crippen molar-refractivity contribution in [2.24, 2.45) is 5.41 Å². The van der Waals surface area contributed by atoms with Gasteiger partial charge in [-0.2, -0.15) is 0 Å². The van der Waals surface area contributed by atoms with E-state index in [1.54, 1.807) is 69.8 Å². The highest BCUT2D eigenvalue weighted by atomic mass is 16.3. The lowest BCUT2D eigenvalue weighted by Gasteiger charge is -2.21. The smallest absolute Gasteiger partial charge is 0.278 e. The van der Waals surface area contributed by atoms with E-state index in [1.807, 2.05) is 13.8 Å². The number of nitrogens with one attached hydrogen (secondary N) is 3. The summed E-state index contributed by atoms with van der Waals surface area (Å²) in [5.41, 5.74) is 1.80. The Morgan fingerprint density at radius 1 is 1.10 bits per heavy atom. The Balaban J connectivity index is 1.65. The summed E-state index contributed by atoms with van der Waals surface area (Å²) in [6.07, 6.45) is 3.06. The third-order valence-corrected chi connectivity index (χ3v) is 6.13. The Hall–Kier alpha value is -4.71. The van der Waals surface area contributed by atoms with Crippen molar-refractivity contribution in [3.8, 4) is 5.69 Å². The van der Waals surface area contributed by atoms with Crippen LogP contribution in [0.5, 0.6) is 0 Å². The van der Waals surface area contributed by atoms with E-state index in [9.17, 15) is 19.5 Å². The van der Waals surface area contributed by atoms with Crippen LogP contribution in [0.4, 0.5) is 17.2 Å². The van der Waals surface area contributed by atoms with Crippen LogP contribution in [0, 0.1) is 5.41 Å². The van der Waals surface area contributed by atoms with Crippen LogP contribution in [0.15, 0.2) is 59.7 Å². The Labute approximate surface area is 225 Å². The zero-order chi connectivity index (χ0) is 28.3. The summed E-state index contributed by atoms with van der Waals surface area (Å²) in [4.78, 5) is 44.2. The molecule has 12 nitrogen and oxygen atoms in total.